The van der Waals surface area contributed by atoms with Gasteiger partial charge in [-0.05, 0) is 36.0 Å². The van der Waals surface area contributed by atoms with E-state index in [9.17, 15) is 4.79 Å². The van der Waals surface area contributed by atoms with Gasteiger partial charge in [-0.2, -0.15) is 0 Å². The van der Waals surface area contributed by atoms with Crippen LogP contribution in [0.1, 0.15) is 42.5 Å². The number of urea groups is 1. The van der Waals surface area contributed by atoms with E-state index in [0.717, 1.165) is 17.5 Å². The molecular weight excluding hydrogens is 300 g/mol. The summed E-state index contributed by atoms with van der Waals surface area (Å²) < 4.78 is 0. The zero-order valence-electron chi connectivity index (χ0n) is 14.2. The van der Waals surface area contributed by atoms with E-state index in [-0.39, 0.29) is 18.7 Å². The lowest BCUT2D eigenvalue weighted by atomic mass is 10.0. The van der Waals surface area contributed by atoms with Gasteiger partial charge in [0.15, 0.2) is 0 Å². The third-order valence-electron chi connectivity index (χ3n) is 4.10. The van der Waals surface area contributed by atoms with Crippen molar-refractivity contribution in [2.24, 2.45) is 0 Å². The van der Waals surface area contributed by atoms with E-state index in [1.54, 1.807) is 0 Å². The minimum absolute atomic E-state index is 0.0974. The van der Waals surface area contributed by atoms with E-state index < -0.39 is 0 Å². The summed E-state index contributed by atoms with van der Waals surface area (Å²) in [6, 6.07) is 17.7. The molecule has 0 aliphatic rings. The van der Waals surface area contributed by atoms with Crippen LogP contribution in [0.15, 0.2) is 54.6 Å². The number of nitrogens with one attached hydrogen (secondary N) is 2. The second-order valence-corrected chi connectivity index (χ2v) is 5.78. The van der Waals surface area contributed by atoms with Gasteiger partial charge in [0, 0.05) is 13.2 Å². The van der Waals surface area contributed by atoms with Crippen LogP contribution in [0, 0.1) is 0 Å². The Morgan fingerprint density at radius 1 is 1.04 bits per heavy atom. The van der Waals surface area contributed by atoms with Crippen LogP contribution in [0.4, 0.5) is 4.79 Å². The summed E-state index contributed by atoms with van der Waals surface area (Å²) in [6.45, 7) is 2.74. The quantitative estimate of drug-likeness (QED) is 0.694. The smallest absolute Gasteiger partial charge is 0.315 e. The maximum Gasteiger partial charge on any atom is 0.315 e. The minimum Gasteiger partial charge on any atom is -0.396 e. The Balaban J connectivity index is 1.95. The van der Waals surface area contributed by atoms with Gasteiger partial charge in [0.05, 0.1) is 6.04 Å². The number of amides is 2. The molecule has 0 bridgehead atoms. The molecule has 2 rings (SSSR count). The van der Waals surface area contributed by atoms with E-state index in [1.807, 2.05) is 48.5 Å². The maximum atomic E-state index is 12.3. The third-order valence-corrected chi connectivity index (χ3v) is 4.10. The van der Waals surface area contributed by atoms with Gasteiger partial charge < -0.3 is 15.7 Å². The summed E-state index contributed by atoms with van der Waals surface area (Å²) in [6.07, 6.45) is 2.31. The molecule has 0 aliphatic heterocycles. The van der Waals surface area contributed by atoms with Crippen LogP contribution in [-0.2, 0) is 13.0 Å². The van der Waals surface area contributed by atoms with Crippen LogP contribution >= 0.6 is 0 Å². The van der Waals surface area contributed by atoms with Crippen molar-refractivity contribution in [3.8, 4) is 0 Å². The van der Waals surface area contributed by atoms with E-state index in [4.69, 9.17) is 5.11 Å². The lowest BCUT2D eigenvalue weighted by Gasteiger charge is -2.19. The molecule has 2 amide bonds. The van der Waals surface area contributed by atoms with Gasteiger partial charge in [-0.15, -0.1) is 0 Å². The second-order valence-electron chi connectivity index (χ2n) is 5.78. The third kappa shape index (κ3) is 5.39. The molecule has 1 atom stereocenters. The Labute approximate surface area is 143 Å². The molecule has 0 heterocycles. The summed E-state index contributed by atoms with van der Waals surface area (Å²) in [7, 11) is 0. The van der Waals surface area contributed by atoms with Crippen molar-refractivity contribution in [3.63, 3.8) is 0 Å². The highest BCUT2D eigenvalue weighted by Gasteiger charge is 2.14. The summed E-state index contributed by atoms with van der Waals surface area (Å²) in [5.74, 6) is 0. The molecular formula is C20H26N2O2. The molecule has 1 unspecified atom stereocenters. The van der Waals surface area contributed by atoms with Crippen molar-refractivity contribution < 1.29 is 9.90 Å². The predicted molar refractivity (Wildman–Crippen MR) is 96.7 cm³/mol. The van der Waals surface area contributed by atoms with Gasteiger partial charge in [-0.25, -0.2) is 4.79 Å². The normalized spacial score (nSPS) is 11.8. The van der Waals surface area contributed by atoms with E-state index in [0.29, 0.717) is 19.4 Å². The van der Waals surface area contributed by atoms with Gasteiger partial charge in [-0.3, -0.25) is 0 Å². The first kappa shape index (κ1) is 18.0. The number of aliphatic hydroxyl groups is 1. The van der Waals surface area contributed by atoms with Crippen molar-refractivity contribution in [2.75, 3.05) is 6.61 Å². The highest BCUT2D eigenvalue weighted by molar-refractivity contribution is 5.74. The fourth-order valence-corrected chi connectivity index (χ4v) is 2.76. The minimum atomic E-state index is -0.187. The molecule has 4 nitrogen and oxygen atoms in total. The summed E-state index contributed by atoms with van der Waals surface area (Å²) >= 11 is 0. The molecule has 2 aromatic rings. The standard InChI is InChI=1S/C20H26N2O2/c1-2-16-9-6-7-12-18(16)15-21-20(24)22-19(13-8-14-23)17-10-4-3-5-11-17/h3-7,9-12,19,23H,2,8,13-15H2,1H3,(H2,21,22,24). The molecule has 0 radical (unpaired) electrons. The van der Waals surface area contributed by atoms with E-state index in [2.05, 4.69) is 23.6 Å². The van der Waals surface area contributed by atoms with Crippen LogP contribution < -0.4 is 10.6 Å². The first-order valence-corrected chi connectivity index (χ1v) is 8.51. The number of hydrogen-bond acceptors (Lipinski definition) is 2. The molecule has 0 spiro atoms. The van der Waals surface area contributed by atoms with Crippen molar-refractivity contribution in [2.45, 2.75) is 38.8 Å². The Morgan fingerprint density at radius 3 is 2.38 bits per heavy atom. The highest BCUT2D eigenvalue weighted by Crippen LogP contribution is 2.18. The van der Waals surface area contributed by atoms with Gasteiger partial charge in [0.25, 0.3) is 0 Å². The molecule has 24 heavy (non-hydrogen) atoms. The van der Waals surface area contributed by atoms with Gasteiger partial charge in [-0.1, -0.05) is 61.5 Å². The summed E-state index contributed by atoms with van der Waals surface area (Å²) in [5, 5.41) is 15.0. The largest absolute Gasteiger partial charge is 0.396 e. The highest BCUT2D eigenvalue weighted by atomic mass is 16.3. The molecule has 4 heteroatoms. The Kier molecular flexibility index (Phi) is 7.30. The number of hydrogen-bond donors (Lipinski definition) is 3. The van der Waals surface area contributed by atoms with Crippen LogP contribution in [0.3, 0.4) is 0 Å². The van der Waals surface area contributed by atoms with Gasteiger partial charge >= 0.3 is 6.03 Å². The van der Waals surface area contributed by atoms with Gasteiger partial charge in [0.1, 0.15) is 0 Å². The topological polar surface area (TPSA) is 61.4 Å². The predicted octanol–water partition coefficient (Wildman–Crippen LogP) is 3.56. The summed E-state index contributed by atoms with van der Waals surface area (Å²) in [4.78, 5) is 12.3. The number of carbonyl (C=O) groups is 1. The Bertz CT molecular complexity index is 629. The zero-order valence-corrected chi connectivity index (χ0v) is 14.2. The molecule has 3 N–H and O–H groups in total. The summed E-state index contributed by atoms with van der Waals surface area (Å²) in [5.41, 5.74) is 3.44. The molecule has 0 aromatic heterocycles. The lowest BCUT2D eigenvalue weighted by Crippen LogP contribution is -2.37. The maximum absolute atomic E-state index is 12.3. The molecule has 0 saturated carbocycles. The Morgan fingerprint density at radius 2 is 1.71 bits per heavy atom. The fourth-order valence-electron chi connectivity index (χ4n) is 2.76. The zero-order chi connectivity index (χ0) is 17.2. The number of rotatable bonds is 8. The molecule has 0 aliphatic carbocycles. The van der Waals surface area contributed by atoms with Gasteiger partial charge in [0.2, 0.25) is 0 Å². The first-order chi connectivity index (χ1) is 11.7. The van der Waals surface area contributed by atoms with Crippen molar-refractivity contribution in [3.05, 3.63) is 71.3 Å². The number of aliphatic hydroxyl groups excluding tert-OH is 1. The fraction of sp³-hybridized carbons (Fsp3) is 0.350. The SMILES string of the molecule is CCc1ccccc1CNC(=O)NC(CCCO)c1ccccc1. The second kappa shape index (κ2) is 9.73. The molecule has 0 saturated heterocycles. The first-order valence-electron chi connectivity index (χ1n) is 8.51. The monoisotopic (exact) mass is 326 g/mol. The van der Waals surface area contributed by atoms with Crippen LogP contribution in [0.2, 0.25) is 0 Å². The number of carbonyl (C=O) groups excluding carboxylic acids is 1. The molecule has 128 valence electrons. The average Bonchev–Trinajstić information content (AvgIpc) is 2.64. The lowest BCUT2D eigenvalue weighted by molar-refractivity contribution is 0.232. The van der Waals surface area contributed by atoms with Crippen LogP contribution in [-0.4, -0.2) is 17.7 Å². The van der Waals surface area contributed by atoms with Crippen molar-refractivity contribution in [1.29, 1.82) is 0 Å². The number of benzene rings is 2. The molecule has 2 aromatic carbocycles. The van der Waals surface area contributed by atoms with Crippen LogP contribution in [0.5, 0.6) is 0 Å². The average molecular weight is 326 g/mol. The Hall–Kier alpha value is -2.33. The van der Waals surface area contributed by atoms with Crippen molar-refractivity contribution in [1.82, 2.24) is 10.6 Å². The van der Waals surface area contributed by atoms with E-state index in [1.165, 1.54) is 5.56 Å². The van der Waals surface area contributed by atoms with Crippen molar-refractivity contribution >= 4 is 6.03 Å². The molecule has 0 fully saturated rings. The van der Waals surface area contributed by atoms with E-state index >= 15 is 0 Å². The van der Waals surface area contributed by atoms with Crippen LogP contribution in [0.25, 0.3) is 0 Å². The number of aryl methyl sites for hydroxylation is 1.